The first kappa shape index (κ1) is 21.2. The lowest BCUT2D eigenvalue weighted by Crippen LogP contribution is -2.25. The van der Waals surface area contributed by atoms with Crippen molar-refractivity contribution < 1.29 is 9.13 Å². The molecule has 2 aliphatic rings. The molecular weight excluding hydrogens is 427 g/mol. The number of rotatable bonds is 6. The number of para-hydroxylation sites is 1. The third kappa shape index (κ3) is 4.43. The minimum atomic E-state index is -0.342. The Morgan fingerprint density at radius 1 is 1.06 bits per heavy atom. The van der Waals surface area contributed by atoms with Crippen LogP contribution in [0.2, 0.25) is 5.02 Å². The number of aromatic nitrogens is 2. The quantitative estimate of drug-likeness (QED) is 0.552. The van der Waals surface area contributed by atoms with Gasteiger partial charge in [0, 0.05) is 36.8 Å². The fraction of sp³-hybridized carbons (Fsp3) is 0.360. The average Bonchev–Trinajstić information content (AvgIpc) is 3.34. The maximum Gasteiger partial charge on any atom is 0.148 e. The summed E-state index contributed by atoms with van der Waals surface area (Å²) in [7, 11) is 1.73. The van der Waals surface area contributed by atoms with Crippen molar-refractivity contribution in [1.82, 2.24) is 15.1 Å². The number of nitrogens with zero attached hydrogens (tertiary/aromatic N) is 3. The number of hydrogen-bond donors (Lipinski definition) is 1. The molecule has 7 heteroatoms. The molecule has 1 saturated carbocycles. The zero-order valence-corrected chi connectivity index (χ0v) is 18.7. The lowest BCUT2D eigenvalue weighted by Gasteiger charge is -2.20. The van der Waals surface area contributed by atoms with Crippen LogP contribution in [-0.2, 0) is 6.54 Å². The second-order valence-electron chi connectivity index (χ2n) is 8.77. The van der Waals surface area contributed by atoms with Gasteiger partial charge in [-0.3, -0.25) is 4.90 Å². The average molecular weight is 453 g/mol. The molecule has 5 rings (SSSR count). The molecule has 1 saturated heterocycles. The van der Waals surface area contributed by atoms with E-state index in [0.29, 0.717) is 34.2 Å². The lowest BCUT2D eigenvalue weighted by atomic mass is 10.0. The summed E-state index contributed by atoms with van der Waals surface area (Å²) in [4.78, 5) is 2.54. The summed E-state index contributed by atoms with van der Waals surface area (Å²) in [6, 6.07) is 16.6. The fourth-order valence-corrected chi connectivity index (χ4v) is 5.39. The Kier molecular flexibility index (Phi) is 5.98. The molecule has 1 aliphatic heterocycles. The van der Waals surface area contributed by atoms with E-state index >= 15 is 0 Å². The summed E-state index contributed by atoms with van der Waals surface area (Å²) in [6.45, 7) is 3.16. The summed E-state index contributed by atoms with van der Waals surface area (Å²) in [5.41, 5.74) is 2.37. The highest BCUT2D eigenvalue weighted by Gasteiger charge is 2.41. The van der Waals surface area contributed by atoms with Gasteiger partial charge in [0.05, 0.1) is 17.8 Å². The SMILES string of the molecule is COc1ccccc1CN1C[C@H]2C[C@H](Nc3ccc(-c4cc(F)ccc4Cl)nn3)C[C@H]2C1. The summed E-state index contributed by atoms with van der Waals surface area (Å²) in [5.74, 6) is 2.76. The lowest BCUT2D eigenvalue weighted by molar-refractivity contribution is 0.294. The van der Waals surface area contributed by atoms with Crippen molar-refractivity contribution in [3.63, 3.8) is 0 Å². The molecule has 2 fully saturated rings. The molecule has 0 bridgehead atoms. The molecule has 0 spiro atoms. The topological polar surface area (TPSA) is 50.3 Å². The highest BCUT2D eigenvalue weighted by Crippen LogP contribution is 2.40. The van der Waals surface area contributed by atoms with E-state index in [1.165, 1.54) is 23.8 Å². The van der Waals surface area contributed by atoms with E-state index in [2.05, 4.69) is 32.5 Å². The fourth-order valence-electron chi connectivity index (χ4n) is 5.17. The standard InChI is InChI=1S/C25H26ClFN4O/c1-32-24-5-3-2-4-16(24)13-31-14-17-10-20(11-18(17)15-31)28-25-9-8-23(29-30-25)21-12-19(27)6-7-22(21)26/h2-9,12,17-18,20H,10-11,13-15H2,1H3,(H,28,30)/t17-,18+,20+. The van der Waals surface area contributed by atoms with Gasteiger partial charge in [-0.2, -0.15) is 0 Å². The molecule has 3 atom stereocenters. The highest BCUT2D eigenvalue weighted by atomic mass is 35.5. The highest BCUT2D eigenvalue weighted by molar-refractivity contribution is 6.33. The Morgan fingerprint density at radius 3 is 2.56 bits per heavy atom. The van der Waals surface area contributed by atoms with E-state index in [-0.39, 0.29) is 5.82 Å². The zero-order chi connectivity index (χ0) is 22.1. The van der Waals surface area contributed by atoms with Crippen molar-refractivity contribution in [1.29, 1.82) is 0 Å². The number of hydrogen-bond acceptors (Lipinski definition) is 5. The summed E-state index contributed by atoms with van der Waals surface area (Å²) < 4.78 is 19.1. The Bertz CT molecular complexity index is 1080. The van der Waals surface area contributed by atoms with Crippen molar-refractivity contribution in [2.75, 3.05) is 25.5 Å². The molecule has 2 aromatic carbocycles. The number of nitrogens with one attached hydrogen (secondary N) is 1. The molecule has 0 radical (unpaired) electrons. The van der Waals surface area contributed by atoms with E-state index in [9.17, 15) is 4.39 Å². The second-order valence-corrected chi connectivity index (χ2v) is 9.17. The Morgan fingerprint density at radius 2 is 1.84 bits per heavy atom. The Labute approximate surface area is 192 Å². The second kappa shape index (κ2) is 9.04. The van der Waals surface area contributed by atoms with Crippen molar-refractivity contribution in [3.8, 4) is 17.0 Å². The zero-order valence-electron chi connectivity index (χ0n) is 18.0. The molecule has 2 heterocycles. The third-order valence-corrected chi connectivity index (χ3v) is 6.96. The van der Waals surface area contributed by atoms with Crippen LogP contribution in [0.25, 0.3) is 11.3 Å². The molecule has 0 amide bonds. The van der Waals surface area contributed by atoms with E-state index in [1.54, 1.807) is 7.11 Å². The normalized spacial score (nSPS) is 22.7. The number of likely N-dealkylation sites (tertiary alicyclic amines) is 1. The Hall–Kier alpha value is -2.70. The minimum Gasteiger partial charge on any atom is -0.496 e. The van der Waals surface area contributed by atoms with Gasteiger partial charge < -0.3 is 10.1 Å². The molecule has 3 aromatic rings. The van der Waals surface area contributed by atoms with Crippen molar-refractivity contribution >= 4 is 17.4 Å². The van der Waals surface area contributed by atoms with Gasteiger partial charge in [0.25, 0.3) is 0 Å². The van der Waals surface area contributed by atoms with Crippen LogP contribution in [0.3, 0.4) is 0 Å². The van der Waals surface area contributed by atoms with Gasteiger partial charge in [0.15, 0.2) is 0 Å². The number of benzene rings is 2. The number of fused-ring (bicyclic) bond motifs is 1. The van der Waals surface area contributed by atoms with E-state index in [0.717, 1.165) is 44.0 Å². The van der Waals surface area contributed by atoms with Crippen LogP contribution in [0.5, 0.6) is 5.75 Å². The first-order valence-electron chi connectivity index (χ1n) is 11.0. The van der Waals surface area contributed by atoms with Gasteiger partial charge in [0.1, 0.15) is 17.4 Å². The third-order valence-electron chi connectivity index (χ3n) is 6.63. The van der Waals surface area contributed by atoms with Gasteiger partial charge >= 0.3 is 0 Å². The van der Waals surface area contributed by atoms with Gasteiger partial charge in [-0.25, -0.2) is 4.39 Å². The molecule has 0 unspecified atom stereocenters. The van der Waals surface area contributed by atoms with Gasteiger partial charge in [-0.05, 0) is 61.1 Å². The molecule has 166 valence electrons. The smallest absolute Gasteiger partial charge is 0.148 e. The van der Waals surface area contributed by atoms with Crippen molar-refractivity contribution in [3.05, 3.63) is 71.0 Å². The number of methoxy groups -OCH3 is 1. The maximum absolute atomic E-state index is 13.6. The number of ether oxygens (including phenoxy) is 1. The first-order valence-corrected chi connectivity index (χ1v) is 11.4. The Balaban J connectivity index is 1.17. The number of anilines is 1. The van der Waals surface area contributed by atoms with Crippen LogP contribution in [0.4, 0.5) is 10.2 Å². The predicted molar refractivity (Wildman–Crippen MR) is 124 cm³/mol. The molecule has 5 nitrogen and oxygen atoms in total. The molecular formula is C25H26ClFN4O. The summed E-state index contributed by atoms with van der Waals surface area (Å²) in [6.07, 6.45) is 2.26. The molecule has 1 aliphatic carbocycles. The monoisotopic (exact) mass is 452 g/mol. The van der Waals surface area contributed by atoms with Gasteiger partial charge in [0.2, 0.25) is 0 Å². The van der Waals surface area contributed by atoms with Crippen LogP contribution < -0.4 is 10.1 Å². The molecule has 1 N–H and O–H groups in total. The maximum atomic E-state index is 13.6. The van der Waals surface area contributed by atoms with E-state index < -0.39 is 0 Å². The van der Waals surface area contributed by atoms with Crippen LogP contribution in [0.15, 0.2) is 54.6 Å². The first-order chi connectivity index (χ1) is 15.6. The van der Waals surface area contributed by atoms with Crippen LogP contribution in [0, 0.1) is 17.7 Å². The predicted octanol–water partition coefficient (Wildman–Crippen LogP) is 5.27. The van der Waals surface area contributed by atoms with Gasteiger partial charge in [-0.15, -0.1) is 10.2 Å². The van der Waals surface area contributed by atoms with Gasteiger partial charge in [-0.1, -0.05) is 29.8 Å². The number of halogens is 2. The minimum absolute atomic E-state index is 0.342. The van der Waals surface area contributed by atoms with E-state index in [4.69, 9.17) is 16.3 Å². The molecule has 1 aromatic heterocycles. The van der Waals surface area contributed by atoms with Crippen molar-refractivity contribution in [2.45, 2.75) is 25.4 Å². The summed E-state index contributed by atoms with van der Waals surface area (Å²) in [5, 5.41) is 12.6. The van der Waals surface area contributed by atoms with E-state index in [1.807, 2.05) is 24.3 Å². The van der Waals surface area contributed by atoms with Crippen LogP contribution in [0.1, 0.15) is 18.4 Å². The van der Waals surface area contributed by atoms with Crippen LogP contribution in [-0.4, -0.2) is 41.3 Å². The van der Waals surface area contributed by atoms with Crippen LogP contribution >= 0.6 is 11.6 Å². The molecule has 32 heavy (non-hydrogen) atoms. The largest absolute Gasteiger partial charge is 0.496 e. The van der Waals surface area contributed by atoms with Crippen molar-refractivity contribution in [2.24, 2.45) is 11.8 Å². The summed E-state index contributed by atoms with van der Waals surface area (Å²) >= 11 is 6.18.